The lowest BCUT2D eigenvalue weighted by Gasteiger charge is -2.21. The maximum absolute atomic E-state index is 12.7. The van der Waals surface area contributed by atoms with Crippen LogP contribution in [0.2, 0.25) is 0 Å². The number of anilines is 1. The summed E-state index contributed by atoms with van der Waals surface area (Å²) in [5.41, 5.74) is 7.64. The summed E-state index contributed by atoms with van der Waals surface area (Å²) in [5, 5.41) is 3.01. The highest BCUT2D eigenvalue weighted by Gasteiger charge is 2.51. The van der Waals surface area contributed by atoms with Gasteiger partial charge < -0.3 is 10.1 Å². The molecule has 1 aliphatic carbocycles. The normalized spacial score (nSPS) is 14.6. The highest BCUT2D eigenvalue weighted by atomic mass is 16.5. The number of amides is 2. The van der Waals surface area contributed by atoms with Crippen molar-refractivity contribution in [3.05, 3.63) is 59.7 Å². The van der Waals surface area contributed by atoms with Gasteiger partial charge in [-0.3, -0.25) is 20.4 Å². The van der Waals surface area contributed by atoms with Crippen LogP contribution in [0.4, 0.5) is 5.69 Å². The van der Waals surface area contributed by atoms with E-state index in [-0.39, 0.29) is 23.8 Å². The van der Waals surface area contributed by atoms with Gasteiger partial charge in [0.15, 0.2) is 0 Å². The quantitative estimate of drug-likeness (QED) is 0.656. The van der Waals surface area contributed by atoms with Gasteiger partial charge in [-0.1, -0.05) is 45.0 Å². The molecule has 0 aliphatic heterocycles. The summed E-state index contributed by atoms with van der Waals surface area (Å²) < 4.78 is 5.10. The number of hydrogen-bond donors (Lipinski definition) is 3. The van der Waals surface area contributed by atoms with E-state index in [1.54, 1.807) is 7.11 Å². The van der Waals surface area contributed by atoms with E-state index in [2.05, 4.69) is 49.1 Å². The third kappa shape index (κ3) is 4.88. The fourth-order valence-corrected chi connectivity index (χ4v) is 3.24. The Hall–Kier alpha value is -3.02. The summed E-state index contributed by atoms with van der Waals surface area (Å²) in [7, 11) is 1.60. The number of ether oxygens (including phenoxy) is 1. The van der Waals surface area contributed by atoms with Gasteiger partial charge in [-0.15, -0.1) is 0 Å². The van der Waals surface area contributed by atoms with Crippen LogP contribution in [-0.2, 0) is 20.4 Å². The van der Waals surface area contributed by atoms with Crippen molar-refractivity contribution in [1.29, 1.82) is 0 Å². The second kappa shape index (κ2) is 8.15. The predicted molar refractivity (Wildman–Crippen MR) is 114 cm³/mol. The lowest BCUT2D eigenvalue weighted by molar-refractivity contribution is -0.129. The molecule has 2 aromatic rings. The van der Waals surface area contributed by atoms with Gasteiger partial charge >= 0.3 is 0 Å². The zero-order valence-corrected chi connectivity index (χ0v) is 17.5. The smallest absolute Gasteiger partial charge is 0.257 e. The van der Waals surface area contributed by atoms with E-state index in [9.17, 15) is 9.59 Å². The van der Waals surface area contributed by atoms with E-state index in [1.165, 1.54) is 5.56 Å². The Bertz CT molecular complexity index is 864. The summed E-state index contributed by atoms with van der Waals surface area (Å²) in [6.45, 7) is 6.55. The Labute approximate surface area is 172 Å². The van der Waals surface area contributed by atoms with Gasteiger partial charge in [0.25, 0.3) is 5.91 Å². The van der Waals surface area contributed by atoms with E-state index >= 15 is 0 Å². The molecule has 2 aromatic carbocycles. The largest absolute Gasteiger partial charge is 0.497 e. The predicted octanol–water partition coefficient (Wildman–Crippen LogP) is 3.28. The van der Waals surface area contributed by atoms with Gasteiger partial charge in [0.05, 0.1) is 19.1 Å². The second-order valence-electron chi connectivity index (χ2n) is 8.49. The van der Waals surface area contributed by atoms with Crippen LogP contribution in [0.25, 0.3) is 0 Å². The molecule has 6 heteroatoms. The summed E-state index contributed by atoms with van der Waals surface area (Å²) in [6.07, 6.45) is 1.57. The molecule has 29 heavy (non-hydrogen) atoms. The van der Waals surface area contributed by atoms with Gasteiger partial charge in [-0.25, -0.2) is 0 Å². The molecule has 2 amide bonds. The number of hydrogen-bond acceptors (Lipinski definition) is 4. The van der Waals surface area contributed by atoms with Crippen molar-refractivity contribution in [3.8, 4) is 5.75 Å². The fourth-order valence-electron chi connectivity index (χ4n) is 3.24. The lowest BCUT2D eigenvalue weighted by Crippen LogP contribution is -2.48. The zero-order valence-electron chi connectivity index (χ0n) is 17.5. The molecule has 6 nitrogen and oxygen atoms in total. The van der Waals surface area contributed by atoms with Crippen LogP contribution in [0.1, 0.15) is 44.7 Å². The summed E-state index contributed by atoms with van der Waals surface area (Å²) in [5.74, 6) is 0.268. The first-order valence-electron chi connectivity index (χ1n) is 9.83. The number of rotatable bonds is 6. The minimum Gasteiger partial charge on any atom is -0.497 e. The standard InChI is InChI=1S/C23H29N3O3/c1-22(2,3)16-5-7-17(8-6-16)23(13-14-23)21(28)26-25-20(27)15-24-18-9-11-19(29-4)12-10-18/h5-12,24H,13-15H2,1-4H3,(H,25,27)(H,26,28). The minimum atomic E-state index is -0.535. The summed E-state index contributed by atoms with van der Waals surface area (Å²) >= 11 is 0. The minimum absolute atomic E-state index is 0.0554. The molecule has 3 rings (SSSR count). The average molecular weight is 396 g/mol. The monoisotopic (exact) mass is 395 g/mol. The van der Waals surface area contributed by atoms with Crippen LogP contribution in [0, 0.1) is 0 Å². The molecular weight excluding hydrogens is 366 g/mol. The molecule has 0 unspecified atom stereocenters. The Morgan fingerprint density at radius 2 is 1.59 bits per heavy atom. The zero-order chi connectivity index (χ0) is 21.1. The van der Waals surface area contributed by atoms with Crippen LogP contribution in [0.15, 0.2) is 48.5 Å². The molecule has 0 aromatic heterocycles. The van der Waals surface area contributed by atoms with Crippen molar-refractivity contribution in [2.45, 2.75) is 44.4 Å². The van der Waals surface area contributed by atoms with Crippen LogP contribution >= 0.6 is 0 Å². The van der Waals surface area contributed by atoms with Crippen LogP contribution in [-0.4, -0.2) is 25.5 Å². The molecule has 1 fully saturated rings. The summed E-state index contributed by atoms with van der Waals surface area (Å²) in [6, 6.07) is 15.5. The number of carbonyl (C=O) groups excluding carboxylic acids is 2. The highest BCUT2D eigenvalue weighted by Crippen LogP contribution is 2.48. The first-order valence-corrected chi connectivity index (χ1v) is 9.83. The lowest BCUT2D eigenvalue weighted by atomic mass is 9.85. The van der Waals surface area contributed by atoms with Crippen LogP contribution in [0.3, 0.4) is 0 Å². The number of methoxy groups -OCH3 is 1. The first-order chi connectivity index (χ1) is 13.7. The summed E-state index contributed by atoms with van der Waals surface area (Å²) in [4.78, 5) is 24.8. The third-order valence-electron chi connectivity index (χ3n) is 5.35. The maximum atomic E-state index is 12.7. The molecule has 0 atom stereocenters. The molecule has 0 bridgehead atoms. The Balaban J connectivity index is 1.51. The van der Waals surface area contributed by atoms with E-state index < -0.39 is 5.41 Å². The van der Waals surface area contributed by atoms with Crippen molar-refractivity contribution < 1.29 is 14.3 Å². The fraction of sp³-hybridized carbons (Fsp3) is 0.391. The molecule has 154 valence electrons. The SMILES string of the molecule is COc1ccc(NCC(=O)NNC(=O)C2(c3ccc(C(C)(C)C)cc3)CC2)cc1. The van der Waals surface area contributed by atoms with Gasteiger partial charge in [0, 0.05) is 5.69 Å². The Kier molecular flexibility index (Phi) is 5.82. The molecule has 0 spiro atoms. The van der Waals surface area contributed by atoms with E-state index in [1.807, 2.05) is 36.4 Å². The molecule has 0 radical (unpaired) electrons. The molecule has 1 saturated carbocycles. The van der Waals surface area contributed by atoms with Crippen molar-refractivity contribution in [3.63, 3.8) is 0 Å². The molecule has 0 saturated heterocycles. The van der Waals surface area contributed by atoms with Gasteiger partial charge in [0.1, 0.15) is 5.75 Å². The number of nitrogens with one attached hydrogen (secondary N) is 3. The van der Waals surface area contributed by atoms with Crippen molar-refractivity contribution in [2.75, 3.05) is 19.0 Å². The van der Waals surface area contributed by atoms with E-state index in [0.717, 1.165) is 29.8 Å². The molecule has 3 N–H and O–H groups in total. The topological polar surface area (TPSA) is 79.5 Å². The van der Waals surface area contributed by atoms with Crippen LogP contribution < -0.4 is 20.9 Å². The van der Waals surface area contributed by atoms with E-state index in [4.69, 9.17) is 4.74 Å². The Morgan fingerprint density at radius 3 is 2.10 bits per heavy atom. The highest BCUT2D eigenvalue weighted by molar-refractivity contribution is 5.93. The third-order valence-corrected chi connectivity index (χ3v) is 5.35. The first kappa shape index (κ1) is 20.7. The van der Waals surface area contributed by atoms with Crippen molar-refractivity contribution in [2.24, 2.45) is 0 Å². The van der Waals surface area contributed by atoms with Gasteiger partial charge in [-0.2, -0.15) is 0 Å². The van der Waals surface area contributed by atoms with Crippen molar-refractivity contribution in [1.82, 2.24) is 10.9 Å². The Morgan fingerprint density at radius 1 is 0.966 bits per heavy atom. The number of carbonyl (C=O) groups is 2. The number of benzene rings is 2. The maximum Gasteiger partial charge on any atom is 0.257 e. The average Bonchev–Trinajstić information content (AvgIpc) is 3.52. The number of hydrazine groups is 1. The van der Waals surface area contributed by atoms with Crippen LogP contribution in [0.5, 0.6) is 5.75 Å². The van der Waals surface area contributed by atoms with E-state index in [0.29, 0.717) is 0 Å². The van der Waals surface area contributed by atoms with Gasteiger partial charge in [0.2, 0.25) is 5.91 Å². The van der Waals surface area contributed by atoms with Crippen molar-refractivity contribution >= 4 is 17.5 Å². The second-order valence-corrected chi connectivity index (χ2v) is 8.49. The molecule has 1 aliphatic rings. The molecular formula is C23H29N3O3. The van der Waals surface area contributed by atoms with Gasteiger partial charge in [-0.05, 0) is 53.6 Å². The molecule has 0 heterocycles.